The lowest BCUT2D eigenvalue weighted by atomic mass is 10.2. The Hall–Kier alpha value is -3.80. The molecule has 4 rings (SSSR count). The number of non-ortho nitro benzene ring substituents is 1. The minimum Gasteiger partial charge on any atom is -0.450 e. The molecule has 1 fully saturated rings. The van der Waals surface area contributed by atoms with E-state index >= 15 is 0 Å². The number of nitrogens with zero attached hydrogens (tertiary/aromatic N) is 3. The summed E-state index contributed by atoms with van der Waals surface area (Å²) in [4.78, 5) is 35.4. The molecule has 0 saturated carbocycles. The van der Waals surface area contributed by atoms with E-state index in [4.69, 9.17) is 28.6 Å². The number of carbonyl (C=O) groups excluding carboxylic acids is 1. The van der Waals surface area contributed by atoms with E-state index in [1.807, 2.05) is 0 Å². The maximum Gasteiger partial charge on any atom is 0.318 e. The molecule has 0 radical (unpaired) electrons. The van der Waals surface area contributed by atoms with E-state index < -0.39 is 21.2 Å². The number of halogens is 1. The topological polar surface area (TPSA) is 116 Å². The number of ether oxygens (including phenoxy) is 1. The second kappa shape index (κ2) is 9.59. The van der Waals surface area contributed by atoms with Gasteiger partial charge in [-0.15, -0.1) is 0 Å². The molecule has 12 heteroatoms. The van der Waals surface area contributed by atoms with E-state index in [0.29, 0.717) is 25.5 Å². The Morgan fingerprint density at radius 2 is 1.65 bits per heavy atom. The normalized spacial score (nSPS) is 14.5. The summed E-state index contributed by atoms with van der Waals surface area (Å²) in [6, 6.07) is 16.4. The molecule has 0 spiro atoms. The highest BCUT2D eigenvalue weighted by molar-refractivity contribution is 8.27. The lowest BCUT2D eigenvalue weighted by Gasteiger charge is -2.14. The SMILES string of the molecule is O=C1/C(=C/c2ccc(Oc3ccc([N+](=O)[O-])cc3[N+](=O)[O-])cc2)SC(=S)N1c1ccc(Cl)cc1. The molecule has 0 bridgehead atoms. The quantitative estimate of drug-likeness (QED) is 0.162. The molecule has 3 aromatic rings. The van der Waals surface area contributed by atoms with Crippen LogP contribution < -0.4 is 9.64 Å². The number of carbonyl (C=O) groups is 1. The Morgan fingerprint density at radius 3 is 2.26 bits per heavy atom. The van der Waals surface area contributed by atoms with Crippen molar-refractivity contribution in [3.63, 3.8) is 0 Å². The molecule has 0 unspecified atom stereocenters. The first-order valence-corrected chi connectivity index (χ1v) is 11.1. The Morgan fingerprint density at radius 1 is 0.971 bits per heavy atom. The number of hydrogen-bond donors (Lipinski definition) is 0. The van der Waals surface area contributed by atoms with Gasteiger partial charge in [0.2, 0.25) is 5.75 Å². The number of nitro benzene ring substituents is 2. The third kappa shape index (κ3) is 4.91. The van der Waals surface area contributed by atoms with Crippen molar-refractivity contribution < 1.29 is 19.4 Å². The first-order chi connectivity index (χ1) is 16.2. The van der Waals surface area contributed by atoms with Crippen molar-refractivity contribution in [2.24, 2.45) is 0 Å². The van der Waals surface area contributed by atoms with Crippen LogP contribution in [0.2, 0.25) is 5.02 Å². The highest BCUT2D eigenvalue weighted by Crippen LogP contribution is 2.37. The maximum atomic E-state index is 12.9. The average Bonchev–Trinajstić information content (AvgIpc) is 3.08. The highest BCUT2D eigenvalue weighted by atomic mass is 35.5. The van der Waals surface area contributed by atoms with E-state index in [2.05, 4.69) is 0 Å². The molecule has 1 aliphatic heterocycles. The second-order valence-corrected chi connectivity index (χ2v) is 8.94. The molecule has 0 N–H and O–H groups in total. The Balaban J connectivity index is 1.53. The molecule has 0 atom stereocenters. The third-order valence-corrected chi connectivity index (χ3v) is 6.19. The highest BCUT2D eigenvalue weighted by Gasteiger charge is 2.33. The van der Waals surface area contributed by atoms with Crippen LogP contribution in [-0.2, 0) is 4.79 Å². The third-order valence-electron chi connectivity index (χ3n) is 4.63. The van der Waals surface area contributed by atoms with Gasteiger partial charge in [-0.1, -0.05) is 47.7 Å². The summed E-state index contributed by atoms with van der Waals surface area (Å²) < 4.78 is 5.95. The van der Waals surface area contributed by atoms with E-state index in [1.54, 1.807) is 54.6 Å². The van der Waals surface area contributed by atoms with Gasteiger partial charge in [-0.2, -0.15) is 0 Å². The molecule has 0 aromatic heterocycles. The monoisotopic (exact) mass is 513 g/mol. The standard InChI is InChI=1S/C22H12ClN3O6S2/c23-14-3-5-15(6-4-14)24-21(27)20(34-22(24)33)11-13-1-8-17(9-2-13)32-19-10-7-16(25(28)29)12-18(19)26(30)31/h1-12H/b20-11-. The first kappa shape index (κ1) is 23.4. The van der Waals surface area contributed by atoms with Gasteiger partial charge in [0.05, 0.1) is 26.5 Å². The van der Waals surface area contributed by atoms with Gasteiger partial charge in [-0.25, -0.2) is 0 Å². The summed E-state index contributed by atoms with van der Waals surface area (Å²) in [5, 5.41) is 22.7. The first-order valence-electron chi connectivity index (χ1n) is 9.47. The largest absolute Gasteiger partial charge is 0.450 e. The summed E-state index contributed by atoms with van der Waals surface area (Å²) in [6.07, 6.45) is 1.67. The van der Waals surface area contributed by atoms with Gasteiger partial charge in [0.1, 0.15) is 5.75 Å². The van der Waals surface area contributed by atoms with Crippen molar-refractivity contribution in [3.8, 4) is 11.5 Å². The molecule has 170 valence electrons. The fourth-order valence-electron chi connectivity index (χ4n) is 3.04. The number of hydrogen-bond acceptors (Lipinski definition) is 8. The number of anilines is 1. The van der Waals surface area contributed by atoms with Gasteiger partial charge in [0.25, 0.3) is 11.6 Å². The van der Waals surface area contributed by atoms with Gasteiger partial charge in [0.15, 0.2) is 4.32 Å². The number of nitro groups is 2. The summed E-state index contributed by atoms with van der Waals surface area (Å²) in [5.41, 5.74) is 0.361. The predicted molar refractivity (Wildman–Crippen MR) is 133 cm³/mol. The molecule has 9 nitrogen and oxygen atoms in total. The fourth-order valence-corrected chi connectivity index (χ4v) is 4.46. The molecule has 1 heterocycles. The summed E-state index contributed by atoms with van der Waals surface area (Å²) >= 11 is 12.4. The zero-order chi connectivity index (χ0) is 24.4. The van der Waals surface area contributed by atoms with Crippen LogP contribution in [0.3, 0.4) is 0 Å². The predicted octanol–water partition coefficient (Wildman–Crippen LogP) is 6.35. The number of thiocarbonyl (C=S) groups is 1. The Kier molecular flexibility index (Phi) is 6.59. The van der Waals surface area contributed by atoms with Crippen LogP contribution in [0.5, 0.6) is 11.5 Å². The van der Waals surface area contributed by atoms with Crippen molar-refractivity contribution in [1.82, 2.24) is 0 Å². The van der Waals surface area contributed by atoms with Crippen molar-refractivity contribution in [3.05, 3.63) is 102 Å². The van der Waals surface area contributed by atoms with Crippen LogP contribution in [0.1, 0.15) is 5.56 Å². The van der Waals surface area contributed by atoms with Crippen LogP contribution in [0, 0.1) is 20.2 Å². The van der Waals surface area contributed by atoms with Gasteiger partial charge in [0, 0.05) is 11.1 Å². The number of thioether (sulfide) groups is 1. The number of benzene rings is 3. The number of rotatable bonds is 6. The second-order valence-electron chi connectivity index (χ2n) is 6.83. The summed E-state index contributed by atoms with van der Waals surface area (Å²) in [6.45, 7) is 0. The van der Waals surface area contributed by atoms with Crippen LogP contribution in [-0.4, -0.2) is 20.1 Å². The molecular formula is C22H12ClN3O6S2. The summed E-state index contributed by atoms with van der Waals surface area (Å²) in [7, 11) is 0. The molecule has 0 aliphatic carbocycles. The van der Waals surface area contributed by atoms with Crippen molar-refractivity contribution in [1.29, 1.82) is 0 Å². The van der Waals surface area contributed by atoms with Gasteiger partial charge < -0.3 is 4.74 Å². The fraction of sp³-hybridized carbons (Fsp3) is 0. The lowest BCUT2D eigenvalue weighted by molar-refractivity contribution is -0.394. The van der Waals surface area contributed by atoms with Gasteiger partial charge >= 0.3 is 5.69 Å². The lowest BCUT2D eigenvalue weighted by Crippen LogP contribution is -2.27. The Bertz CT molecular complexity index is 1360. The molecule has 34 heavy (non-hydrogen) atoms. The van der Waals surface area contributed by atoms with E-state index in [1.165, 1.54) is 22.7 Å². The molecule has 1 saturated heterocycles. The minimum atomic E-state index is -0.751. The van der Waals surface area contributed by atoms with Crippen molar-refractivity contribution >= 4 is 68.9 Å². The van der Waals surface area contributed by atoms with E-state index in [0.717, 1.165) is 12.1 Å². The van der Waals surface area contributed by atoms with Crippen LogP contribution >= 0.6 is 35.6 Å². The van der Waals surface area contributed by atoms with Crippen LogP contribution in [0.15, 0.2) is 71.6 Å². The smallest absolute Gasteiger partial charge is 0.318 e. The minimum absolute atomic E-state index is 0.132. The maximum absolute atomic E-state index is 12.9. The molecule has 1 aliphatic rings. The van der Waals surface area contributed by atoms with Crippen molar-refractivity contribution in [2.75, 3.05) is 4.90 Å². The van der Waals surface area contributed by atoms with Gasteiger partial charge in [-0.05, 0) is 54.1 Å². The molecule has 3 aromatic carbocycles. The molecule has 1 amide bonds. The zero-order valence-corrected chi connectivity index (χ0v) is 19.3. The van der Waals surface area contributed by atoms with E-state index in [-0.39, 0.29) is 17.4 Å². The Labute approximate surface area is 206 Å². The summed E-state index contributed by atoms with van der Waals surface area (Å²) in [5.74, 6) is -0.117. The zero-order valence-electron chi connectivity index (χ0n) is 16.9. The average molecular weight is 514 g/mol. The van der Waals surface area contributed by atoms with E-state index in [9.17, 15) is 25.0 Å². The van der Waals surface area contributed by atoms with Crippen LogP contribution in [0.25, 0.3) is 6.08 Å². The number of amides is 1. The molecular weight excluding hydrogens is 502 g/mol. The van der Waals surface area contributed by atoms with Gasteiger partial charge in [-0.3, -0.25) is 29.9 Å². The van der Waals surface area contributed by atoms with Crippen LogP contribution in [0.4, 0.5) is 17.1 Å². The van der Waals surface area contributed by atoms with Crippen molar-refractivity contribution in [2.45, 2.75) is 0 Å².